The third-order valence-electron chi connectivity index (χ3n) is 8.94. The third-order valence-corrected chi connectivity index (χ3v) is 9.25. The molecule has 2 amide bonds. The van der Waals surface area contributed by atoms with E-state index in [9.17, 15) is 27.9 Å². The van der Waals surface area contributed by atoms with Crippen LogP contribution < -0.4 is 9.64 Å². The van der Waals surface area contributed by atoms with Crippen LogP contribution in [0.4, 0.5) is 18.9 Å². The molecule has 234 valence electrons. The molecular weight excluding hydrogens is 583 g/mol. The molecular formula is C32H39ClF3N3O4. The monoisotopic (exact) mass is 621 g/mol. The Morgan fingerprint density at radius 1 is 0.953 bits per heavy atom. The molecule has 2 aliphatic heterocycles. The summed E-state index contributed by atoms with van der Waals surface area (Å²) in [4.78, 5) is 30.5. The quantitative estimate of drug-likeness (QED) is 0.399. The first-order chi connectivity index (χ1) is 20.4. The predicted molar refractivity (Wildman–Crippen MR) is 158 cm³/mol. The molecule has 1 atom stereocenters. The number of halogens is 4. The number of nitrogens with zero attached hydrogens (tertiary/aromatic N) is 3. The number of ether oxygens (including phenoxy) is 1. The van der Waals surface area contributed by atoms with Gasteiger partial charge in [-0.25, -0.2) is 0 Å². The third kappa shape index (κ3) is 6.90. The van der Waals surface area contributed by atoms with E-state index in [1.54, 1.807) is 26.2 Å². The lowest BCUT2D eigenvalue weighted by Crippen LogP contribution is -2.57. The highest BCUT2D eigenvalue weighted by Crippen LogP contribution is 2.43. The Kier molecular flexibility index (Phi) is 9.18. The lowest BCUT2D eigenvalue weighted by Gasteiger charge is -2.40. The molecule has 2 aromatic carbocycles. The van der Waals surface area contributed by atoms with Crippen molar-refractivity contribution < 1.29 is 32.6 Å². The number of hydrogen-bond acceptors (Lipinski definition) is 5. The summed E-state index contributed by atoms with van der Waals surface area (Å²) in [6.45, 7) is 2.05. The number of rotatable bonds is 8. The minimum Gasteiger partial charge on any atom is -0.490 e. The predicted octanol–water partition coefficient (Wildman–Crippen LogP) is 5.88. The number of aliphatic hydroxyl groups is 1. The maximum atomic E-state index is 14.3. The van der Waals surface area contributed by atoms with E-state index in [0.29, 0.717) is 35.3 Å². The van der Waals surface area contributed by atoms with Gasteiger partial charge < -0.3 is 24.5 Å². The Morgan fingerprint density at radius 2 is 1.58 bits per heavy atom. The number of carbonyl (C=O) groups excluding carboxylic acids is 2. The summed E-state index contributed by atoms with van der Waals surface area (Å²) in [5, 5.41) is 11.4. The van der Waals surface area contributed by atoms with Gasteiger partial charge in [0, 0.05) is 51.5 Å². The second-order valence-electron chi connectivity index (χ2n) is 12.3. The van der Waals surface area contributed by atoms with Gasteiger partial charge in [0.1, 0.15) is 5.75 Å². The largest absolute Gasteiger partial charge is 0.490 e. The standard InChI is InChI=1S/C32H39ClF3N3O4/c1-37(2)29(40)27-9-6-24(20-28(27)33)38-14-10-21(11-15-38)18-22-12-16-39(17-13-22)30(41)31(42,32(34,35)36)23-4-3-5-26(19-23)43-25-7-8-25/h3-6,9,19-22,25,42H,7-8,10-18H2,1-2H3. The Balaban J connectivity index is 1.14. The number of likely N-dealkylation sites (tertiary alicyclic amines) is 1. The minimum atomic E-state index is -5.18. The van der Waals surface area contributed by atoms with Gasteiger partial charge in [0.2, 0.25) is 0 Å². The number of anilines is 1. The number of carbonyl (C=O) groups is 2. The number of hydrogen-bond donors (Lipinski definition) is 1. The number of alkyl halides is 3. The summed E-state index contributed by atoms with van der Waals surface area (Å²) in [6, 6.07) is 10.7. The van der Waals surface area contributed by atoms with E-state index in [0.717, 1.165) is 67.9 Å². The van der Waals surface area contributed by atoms with Crippen molar-refractivity contribution in [1.29, 1.82) is 0 Å². The molecule has 11 heteroatoms. The summed E-state index contributed by atoms with van der Waals surface area (Å²) >= 11 is 6.41. The molecule has 5 rings (SSSR count). The van der Waals surface area contributed by atoms with Crippen molar-refractivity contribution in [1.82, 2.24) is 9.80 Å². The fraction of sp³-hybridized carbons (Fsp3) is 0.562. The summed E-state index contributed by atoms with van der Waals surface area (Å²) in [5.74, 6) is -0.457. The van der Waals surface area contributed by atoms with Gasteiger partial charge in [0.05, 0.1) is 16.7 Å². The summed E-state index contributed by atoms with van der Waals surface area (Å²) in [5.41, 5.74) is -2.69. The maximum absolute atomic E-state index is 14.3. The van der Waals surface area contributed by atoms with Crippen LogP contribution in [0.25, 0.3) is 0 Å². The van der Waals surface area contributed by atoms with Gasteiger partial charge >= 0.3 is 6.18 Å². The molecule has 0 aromatic heterocycles. The van der Waals surface area contributed by atoms with Crippen LogP contribution >= 0.6 is 11.6 Å². The lowest BCUT2D eigenvalue weighted by atomic mass is 9.82. The first kappa shape index (κ1) is 31.4. The molecule has 7 nitrogen and oxygen atoms in total. The van der Waals surface area contributed by atoms with Crippen molar-refractivity contribution in [3.63, 3.8) is 0 Å². The number of piperidine rings is 2. The highest BCUT2D eigenvalue weighted by atomic mass is 35.5. The lowest BCUT2D eigenvalue weighted by molar-refractivity contribution is -0.262. The zero-order valence-corrected chi connectivity index (χ0v) is 25.3. The normalized spacial score (nSPS) is 20.1. The number of benzene rings is 2. The SMILES string of the molecule is CN(C)C(=O)c1ccc(N2CCC(CC3CCN(C(=O)C(O)(c4cccc(OC5CC5)c4)C(F)(F)F)CC3)CC2)cc1Cl. The van der Waals surface area contributed by atoms with Gasteiger partial charge in [-0.3, -0.25) is 9.59 Å². The van der Waals surface area contributed by atoms with Gasteiger partial charge in [-0.15, -0.1) is 0 Å². The van der Waals surface area contributed by atoms with E-state index < -0.39 is 23.2 Å². The second kappa shape index (κ2) is 12.6. The van der Waals surface area contributed by atoms with Gasteiger partial charge in [-0.1, -0.05) is 23.7 Å². The first-order valence-corrected chi connectivity index (χ1v) is 15.4. The average molecular weight is 622 g/mol. The van der Waals surface area contributed by atoms with Crippen LogP contribution in [0.2, 0.25) is 5.02 Å². The van der Waals surface area contributed by atoms with Crippen LogP contribution in [0, 0.1) is 11.8 Å². The summed E-state index contributed by atoms with van der Waals surface area (Å²) in [6.07, 6.45) is 0.569. The van der Waals surface area contributed by atoms with Crippen LogP contribution in [-0.4, -0.2) is 79.3 Å². The maximum Gasteiger partial charge on any atom is 0.430 e. The summed E-state index contributed by atoms with van der Waals surface area (Å²) < 4.78 is 48.5. The highest BCUT2D eigenvalue weighted by molar-refractivity contribution is 6.34. The molecule has 3 fully saturated rings. The molecule has 0 bridgehead atoms. The van der Waals surface area contributed by atoms with Gasteiger partial charge in [-0.2, -0.15) is 13.2 Å². The first-order valence-electron chi connectivity index (χ1n) is 15.0. The highest BCUT2D eigenvalue weighted by Gasteiger charge is 2.62. The van der Waals surface area contributed by atoms with E-state index in [1.165, 1.54) is 11.0 Å². The fourth-order valence-electron chi connectivity index (χ4n) is 6.20. The fourth-order valence-corrected chi connectivity index (χ4v) is 6.45. The van der Waals surface area contributed by atoms with Crippen LogP contribution in [-0.2, 0) is 10.4 Å². The van der Waals surface area contributed by atoms with Crippen molar-refractivity contribution in [2.75, 3.05) is 45.2 Å². The van der Waals surface area contributed by atoms with Crippen LogP contribution in [0.3, 0.4) is 0 Å². The average Bonchev–Trinajstić information content (AvgIpc) is 3.80. The van der Waals surface area contributed by atoms with Crippen molar-refractivity contribution >= 4 is 29.1 Å². The van der Waals surface area contributed by atoms with E-state index >= 15 is 0 Å². The van der Waals surface area contributed by atoms with Gasteiger partial charge in [0.15, 0.2) is 0 Å². The molecule has 43 heavy (non-hydrogen) atoms. The van der Waals surface area contributed by atoms with E-state index in [2.05, 4.69) is 4.90 Å². The minimum absolute atomic E-state index is 0.0266. The molecule has 2 saturated heterocycles. The van der Waals surface area contributed by atoms with Crippen molar-refractivity contribution in [2.45, 2.75) is 62.8 Å². The molecule has 1 N–H and O–H groups in total. The van der Waals surface area contributed by atoms with E-state index in [4.69, 9.17) is 16.3 Å². The smallest absolute Gasteiger partial charge is 0.430 e. The zero-order valence-electron chi connectivity index (χ0n) is 24.6. The molecule has 1 aliphatic carbocycles. The number of amides is 2. The summed E-state index contributed by atoms with van der Waals surface area (Å²) in [7, 11) is 3.37. The Morgan fingerprint density at radius 3 is 2.14 bits per heavy atom. The molecule has 1 unspecified atom stereocenters. The van der Waals surface area contributed by atoms with Crippen LogP contribution in [0.1, 0.15) is 60.9 Å². The molecule has 0 spiro atoms. The van der Waals surface area contributed by atoms with Crippen molar-refractivity contribution in [2.24, 2.45) is 11.8 Å². The second-order valence-corrected chi connectivity index (χ2v) is 12.7. The Hall–Kier alpha value is -2.98. The van der Waals surface area contributed by atoms with Gasteiger partial charge in [-0.05, 0) is 87.1 Å². The van der Waals surface area contributed by atoms with Crippen LogP contribution in [0.5, 0.6) is 5.75 Å². The molecule has 2 aromatic rings. The van der Waals surface area contributed by atoms with Crippen LogP contribution in [0.15, 0.2) is 42.5 Å². The molecule has 0 radical (unpaired) electrons. The topological polar surface area (TPSA) is 73.3 Å². The Labute approximate surface area is 255 Å². The molecule has 2 heterocycles. The van der Waals surface area contributed by atoms with E-state index in [1.807, 2.05) is 12.1 Å². The molecule has 3 aliphatic rings. The van der Waals surface area contributed by atoms with E-state index in [-0.39, 0.29) is 30.9 Å². The van der Waals surface area contributed by atoms with Crippen molar-refractivity contribution in [3.8, 4) is 5.75 Å². The molecule has 1 saturated carbocycles. The Bertz CT molecular complexity index is 1320. The van der Waals surface area contributed by atoms with Gasteiger partial charge in [0.25, 0.3) is 17.4 Å². The zero-order chi connectivity index (χ0) is 30.9. The van der Waals surface area contributed by atoms with Crippen molar-refractivity contribution in [3.05, 3.63) is 58.6 Å².